The van der Waals surface area contributed by atoms with Crippen molar-refractivity contribution in [2.45, 2.75) is 6.92 Å². The lowest BCUT2D eigenvalue weighted by atomic mass is 10.2. The van der Waals surface area contributed by atoms with E-state index in [2.05, 4.69) is 31.9 Å². The molecule has 10 heavy (non-hydrogen) atoms. The molecule has 1 aromatic rings. The summed E-state index contributed by atoms with van der Waals surface area (Å²) in [7, 11) is 0. The lowest BCUT2D eigenvalue weighted by molar-refractivity contribution is 0.470. The molecule has 54 valence electrons. The monoisotopic (exact) mass is 264 g/mol. The first-order valence-electron chi connectivity index (χ1n) is 2.76. The third-order valence-corrected chi connectivity index (χ3v) is 2.56. The molecule has 0 aliphatic carbocycles. The maximum absolute atomic E-state index is 9.22. The first-order valence-corrected chi connectivity index (χ1v) is 4.34. The molecule has 0 amide bonds. The maximum atomic E-state index is 9.22. The van der Waals surface area contributed by atoms with Crippen molar-refractivity contribution in [2.24, 2.45) is 0 Å². The summed E-state index contributed by atoms with van der Waals surface area (Å²) in [6, 6.07) is 3.56. The molecule has 0 aromatic heterocycles. The van der Waals surface area contributed by atoms with Crippen LogP contribution in [0.15, 0.2) is 21.1 Å². The van der Waals surface area contributed by atoms with Crippen molar-refractivity contribution in [1.29, 1.82) is 0 Å². The molecule has 0 atom stereocenters. The van der Waals surface area contributed by atoms with Gasteiger partial charge in [0.1, 0.15) is 5.75 Å². The molecule has 0 spiro atoms. The van der Waals surface area contributed by atoms with Gasteiger partial charge in [-0.05, 0) is 19.1 Å². The van der Waals surface area contributed by atoms with Crippen molar-refractivity contribution in [3.63, 3.8) is 0 Å². The Morgan fingerprint density at radius 2 is 1.90 bits per heavy atom. The number of phenolic OH excluding ortho intramolecular Hbond substituents is 1. The predicted molar refractivity (Wildman–Crippen MR) is 48.2 cm³/mol. The summed E-state index contributed by atoms with van der Waals surface area (Å²) in [6.45, 7) is 1.85. The first kappa shape index (κ1) is 8.08. The van der Waals surface area contributed by atoms with E-state index >= 15 is 0 Å². The van der Waals surface area contributed by atoms with E-state index in [9.17, 15) is 5.11 Å². The maximum Gasteiger partial charge on any atom is 0.120 e. The zero-order valence-electron chi connectivity index (χ0n) is 5.36. The molecule has 0 aliphatic heterocycles. The number of halogens is 2. The van der Waals surface area contributed by atoms with Gasteiger partial charge in [-0.2, -0.15) is 0 Å². The molecule has 0 fully saturated rings. The van der Waals surface area contributed by atoms with Crippen LogP contribution in [0.5, 0.6) is 5.75 Å². The molecule has 0 saturated carbocycles. The number of benzene rings is 1. The average Bonchev–Trinajstić information content (AvgIpc) is 1.82. The fraction of sp³-hybridized carbons (Fsp3) is 0.143. The van der Waals surface area contributed by atoms with Crippen molar-refractivity contribution < 1.29 is 5.11 Å². The summed E-state index contributed by atoms with van der Waals surface area (Å²) in [4.78, 5) is 0. The van der Waals surface area contributed by atoms with Crippen LogP contribution in [0, 0.1) is 6.92 Å². The number of aromatic hydroxyl groups is 1. The molecule has 1 aromatic carbocycles. The van der Waals surface area contributed by atoms with Crippen LogP contribution in [0.4, 0.5) is 0 Å². The van der Waals surface area contributed by atoms with E-state index in [4.69, 9.17) is 0 Å². The Kier molecular flexibility index (Phi) is 2.36. The summed E-state index contributed by atoms with van der Waals surface area (Å²) in [5.41, 5.74) is 0.864. The molecule has 0 saturated heterocycles. The van der Waals surface area contributed by atoms with Gasteiger partial charge >= 0.3 is 0 Å². The van der Waals surface area contributed by atoms with Crippen molar-refractivity contribution in [1.82, 2.24) is 0 Å². The zero-order valence-corrected chi connectivity index (χ0v) is 8.53. The van der Waals surface area contributed by atoms with Crippen molar-refractivity contribution >= 4 is 31.9 Å². The molecule has 0 bridgehead atoms. The van der Waals surface area contributed by atoms with Gasteiger partial charge in [-0.1, -0.05) is 31.9 Å². The van der Waals surface area contributed by atoms with Crippen LogP contribution in [0.3, 0.4) is 0 Å². The third kappa shape index (κ3) is 1.52. The largest absolute Gasteiger partial charge is 0.508 e. The number of hydrogen-bond donors (Lipinski definition) is 1. The van der Waals surface area contributed by atoms with E-state index in [0.717, 1.165) is 14.5 Å². The normalized spacial score (nSPS) is 9.90. The SMILES string of the molecule is Cc1c(O)cc(Br)cc1Br. The summed E-state index contributed by atoms with van der Waals surface area (Å²) in [5.74, 6) is 0.307. The minimum absolute atomic E-state index is 0.307. The summed E-state index contributed by atoms with van der Waals surface area (Å²) in [5, 5.41) is 9.22. The molecule has 0 radical (unpaired) electrons. The molecule has 1 N–H and O–H groups in total. The summed E-state index contributed by atoms with van der Waals surface area (Å²) in [6.07, 6.45) is 0. The Balaban J connectivity index is 3.31. The van der Waals surface area contributed by atoms with Crippen LogP contribution in [0.2, 0.25) is 0 Å². The smallest absolute Gasteiger partial charge is 0.120 e. The van der Waals surface area contributed by atoms with Crippen molar-refractivity contribution in [2.75, 3.05) is 0 Å². The van der Waals surface area contributed by atoms with E-state index in [1.807, 2.05) is 13.0 Å². The highest BCUT2D eigenvalue weighted by atomic mass is 79.9. The minimum atomic E-state index is 0.307. The highest BCUT2D eigenvalue weighted by molar-refractivity contribution is 9.11. The van der Waals surface area contributed by atoms with Gasteiger partial charge in [0.15, 0.2) is 0 Å². The zero-order chi connectivity index (χ0) is 7.72. The molecular weight excluding hydrogens is 260 g/mol. The Bertz CT molecular complexity index is 235. The molecule has 1 nitrogen and oxygen atoms in total. The summed E-state index contributed by atoms with van der Waals surface area (Å²) < 4.78 is 1.79. The number of phenols is 1. The lowest BCUT2D eigenvalue weighted by Crippen LogP contribution is -1.76. The van der Waals surface area contributed by atoms with E-state index in [1.54, 1.807) is 6.07 Å². The first-order chi connectivity index (χ1) is 4.61. The molecule has 0 heterocycles. The van der Waals surface area contributed by atoms with Crippen LogP contribution in [0.25, 0.3) is 0 Å². The number of hydrogen-bond acceptors (Lipinski definition) is 1. The molecule has 1 rings (SSSR count). The summed E-state index contributed by atoms with van der Waals surface area (Å²) >= 11 is 6.56. The van der Waals surface area contributed by atoms with Gasteiger partial charge in [-0.3, -0.25) is 0 Å². The number of rotatable bonds is 0. The fourth-order valence-electron chi connectivity index (χ4n) is 0.632. The van der Waals surface area contributed by atoms with Gasteiger partial charge in [-0.15, -0.1) is 0 Å². The Morgan fingerprint density at radius 1 is 1.30 bits per heavy atom. The second-order valence-corrected chi connectivity index (χ2v) is 3.80. The van der Waals surface area contributed by atoms with Gasteiger partial charge < -0.3 is 5.11 Å². The lowest BCUT2D eigenvalue weighted by Gasteiger charge is -2.00. The van der Waals surface area contributed by atoms with Gasteiger partial charge in [0.25, 0.3) is 0 Å². The highest BCUT2D eigenvalue weighted by Crippen LogP contribution is 2.29. The van der Waals surface area contributed by atoms with Crippen molar-refractivity contribution in [3.05, 3.63) is 26.6 Å². The molecule has 3 heteroatoms. The van der Waals surface area contributed by atoms with Crippen LogP contribution in [0.1, 0.15) is 5.56 Å². The second-order valence-electron chi connectivity index (χ2n) is 2.03. The van der Waals surface area contributed by atoms with E-state index in [-0.39, 0.29) is 0 Å². The molecular formula is C7H6Br2O. The predicted octanol–water partition coefficient (Wildman–Crippen LogP) is 3.23. The van der Waals surface area contributed by atoms with Crippen LogP contribution in [-0.2, 0) is 0 Å². The Hall–Kier alpha value is -0.0200. The van der Waals surface area contributed by atoms with Crippen LogP contribution < -0.4 is 0 Å². The average molecular weight is 266 g/mol. The van der Waals surface area contributed by atoms with Gasteiger partial charge in [0, 0.05) is 14.5 Å². The second kappa shape index (κ2) is 2.93. The topological polar surface area (TPSA) is 20.2 Å². The minimum Gasteiger partial charge on any atom is -0.508 e. The fourth-order valence-corrected chi connectivity index (χ4v) is 1.83. The Labute approximate surface area is 76.3 Å². The van der Waals surface area contributed by atoms with E-state index in [0.29, 0.717) is 5.75 Å². The highest BCUT2D eigenvalue weighted by Gasteiger charge is 2.00. The van der Waals surface area contributed by atoms with Crippen LogP contribution in [-0.4, -0.2) is 5.11 Å². The van der Waals surface area contributed by atoms with Crippen molar-refractivity contribution in [3.8, 4) is 5.75 Å². The van der Waals surface area contributed by atoms with Gasteiger partial charge in [0.2, 0.25) is 0 Å². The standard InChI is InChI=1S/C7H6Br2O/c1-4-6(9)2-5(8)3-7(4)10/h2-3,10H,1H3. The van der Waals surface area contributed by atoms with E-state index in [1.165, 1.54) is 0 Å². The van der Waals surface area contributed by atoms with E-state index < -0.39 is 0 Å². The third-order valence-electron chi connectivity index (χ3n) is 1.28. The molecule has 0 unspecified atom stereocenters. The Morgan fingerprint density at radius 3 is 2.40 bits per heavy atom. The quantitative estimate of drug-likeness (QED) is 0.764. The van der Waals surface area contributed by atoms with Gasteiger partial charge in [0.05, 0.1) is 0 Å². The molecule has 0 aliphatic rings. The van der Waals surface area contributed by atoms with Gasteiger partial charge in [-0.25, -0.2) is 0 Å². The van der Waals surface area contributed by atoms with Crippen LogP contribution >= 0.6 is 31.9 Å².